The van der Waals surface area contributed by atoms with Gasteiger partial charge < -0.3 is 15.0 Å². The van der Waals surface area contributed by atoms with Crippen molar-refractivity contribution in [3.63, 3.8) is 0 Å². The van der Waals surface area contributed by atoms with E-state index in [1.54, 1.807) is 4.90 Å². The van der Waals surface area contributed by atoms with Gasteiger partial charge in [-0.15, -0.1) is 0 Å². The molecule has 1 fully saturated rings. The monoisotopic (exact) mass is 299 g/mol. The lowest BCUT2D eigenvalue weighted by molar-refractivity contribution is -0.0247. The van der Waals surface area contributed by atoms with Crippen molar-refractivity contribution in [2.45, 2.75) is 6.10 Å². The van der Waals surface area contributed by atoms with E-state index in [-0.39, 0.29) is 12.0 Å². The zero-order valence-electron chi connectivity index (χ0n) is 12.3. The highest BCUT2D eigenvalue weighted by molar-refractivity contribution is 5.93. The van der Waals surface area contributed by atoms with Gasteiger partial charge in [-0.3, -0.25) is 4.79 Å². The van der Waals surface area contributed by atoms with Crippen LogP contribution in [0.2, 0.25) is 0 Å². The fourth-order valence-electron chi connectivity index (χ4n) is 2.37. The molecule has 1 aliphatic rings. The van der Waals surface area contributed by atoms with Crippen molar-refractivity contribution in [2.75, 3.05) is 32.1 Å². The van der Waals surface area contributed by atoms with Gasteiger partial charge in [0.1, 0.15) is 18.2 Å². The minimum atomic E-state index is -0.226. The molecule has 114 valence electrons. The first-order chi connectivity index (χ1) is 10.8. The van der Waals surface area contributed by atoms with Crippen LogP contribution in [-0.4, -0.2) is 52.5 Å². The molecule has 7 heteroatoms. The Bertz CT molecular complexity index is 649. The third-order valence-corrected chi connectivity index (χ3v) is 3.52. The molecule has 0 bridgehead atoms. The molecule has 2 aromatic rings. The highest BCUT2D eigenvalue weighted by Crippen LogP contribution is 2.22. The van der Waals surface area contributed by atoms with Gasteiger partial charge in [0, 0.05) is 26.0 Å². The lowest BCUT2D eigenvalue weighted by atomic mass is 10.1. The van der Waals surface area contributed by atoms with Crippen LogP contribution in [0, 0.1) is 0 Å². The van der Waals surface area contributed by atoms with Crippen LogP contribution in [0.1, 0.15) is 22.2 Å². The average Bonchev–Trinajstić information content (AvgIpc) is 2.62. The Kier molecular flexibility index (Phi) is 4.24. The van der Waals surface area contributed by atoms with Crippen molar-refractivity contribution in [2.24, 2.45) is 0 Å². The summed E-state index contributed by atoms with van der Waals surface area (Å²) in [5.74, 6) is 0.694. The molecule has 0 unspecified atom stereocenters. The molecule has 3 heterocycles. The molecule has 1 atom stereocenters. The van der Waals surface area contributed by atoms with Crippen LogP contribution < -0.4 is 5.32 Å². The second-order valence-corrected chi connectivity index (χ2v) is 4.94. The number of morpholine rings is 1. The molecule has 1 aliphatic heterocycles. The number of ether oxygens (including phenoxy) is 1. The number of nitrogens with zero attached hydrogens (tertiary/aromatic N) is 4. The first-order valence-corrected chi connectivity index (χ1v) is 7.08. The first kappa shape index (κ1) is 14.4. The summed E-state index contributed by atoms with van der Waals surface area (Å²) in [6.45, 7) is 1.50. The van der Waals surface area contributed by atoms with Crippen LogP contribution in [0.3, 0.4) is 0 Å². The van der Waals surface area contributed by atoms with Crippen molar-refractivity contribution in [3.05, 3.63) is 48.2 Å². The van der Waals surface area contributed by atoms with Gasteiger partial charge in [-0.25, -0.2) is 15.0 Å². The highest BCUT2D eigenvalue weighted by atomic mass is 16.5. The largest absolute Gasteiger partial charge is 0.373 e. The van der Waals surface area contributed by atoms with Crippen LogP contribution in [0.25, 0.3) is 0 Å². The van der Waals surface area contributed by atoms with E-state index >= 15 is 0 Å². The first-order valence-electron chi connectivity index (χ1n) is 7.08. The second kappa shape index (κ2) is 6.48. The van der Waals surface area contributed by atoms with Crippen LogP contribution in [0.5, 0.6) is 0 Å². The number of aromatic nitrogens is 3. The number of anilines is 1. The topological polar surface area (TPSA) is 80.2 Å². The van der Waals surface area contributed by atoms with E-state index in [4.69, 9.17) is 4.74 Å². The van der Waals surface area contributed by atoms with Gasteiger partial charge in [0.05, 0.1) is 24.4 Å². The highest BCUT2D eigenvalue weighted by Gasteiger charge is 2.27. The van der Waals surface area contributed by atoms with Crippen LogP contribution in [0.4, 0.5) is 5.82 Å². The summed E-state index contributed by atoms with van der Waals surface area (Å²) in [5, 5.41) is 3.00. The maximum Gasteiger partial charge on any atom is 0.257 e. The fraction of sp³-hybridized carbons (Fsp3) is 0.333. The number of amides is 1. The molecule has 1 saturated heterocycles. The molecule has 2 aromatic heterocycles. The zero-order chi connectivity index (χ0) is 15.4. The summed E-state index contributed by atoms with van der Waals surface area (Å²) in [7, 11) is 1.82. The minimum absolute atomic E-state index is 0.0846. The normalized spacial score (nSPS) is 18.0. The van der Waals surface area contributed by atoms with E-state index in [0.717, 1.165) is 11.5 Å². The standard InChI is InChI=1S/C15H17N5O2/c1-16-14-4-2-3-12(19-14)13-9-20(5-6-22-13)15(21)11-7-17-10-18-8-11/h2-4,7-8,10,13H,5-6,9H2,1H3,(H,16,19)/t13-/m1/s1. The maximum absolute atomic E-state index is 12.5. The third-order valence-electron chi connectivity index (χ3n) is 3.52. The molecular weight excluding hydrogens is 282 g/mol. The molecule has 0 spiro atoms. The molecule has 0 aliphatic carbocycles. The van der Waals surface area contributed by atoms with Gasteiger partial charge in [0.2, 0.25) is 0 Å². The average molecular weight is 299 g/mol. The summed E-state index contributed by atoms with van der Waals surface area (Å²) >= 11 is 0. The number of carbonyl (C=O) groups is 1. The lowest BCUT2D eigenvalue weighted by Crippen LogP contribution is -2.42. The van der Waals surface area contributed by atoms with Crippen LogP contribution in [-0.2, 0) is 4.74 Å². The summed E-state index contributed by atoms with van der Waals surface area (Å²) in [4.78, 5) is 26.5. The Balaban J connectivity index is 1.75. The molecule has 0 aromatic carbocycles. The number of hydrogen-bond donors (Lipinski definition) is 1. The van der Waals surface area contributed by atoms with Gasteiger partial charge in [0.15, 0.2) is 0 Å². The van der Waals surface area contributed by atoms with Gasteiger partial charge in [-0.2, -0.15) is 0 Å². The Morgan fingerprint density at radius 2 is 2.18 bits per heavy atom. The Morgan fingerprint density at radius 3 is 2.95 bits per heavy atom. The third kappa shape index (κ3) is 3.04. The lowest BCUT2D eigenvalue weighted by Gasteiger charge is -2.32. The summed E-state index contributed by atoms with van der Waals surface area (Å²) in [6.07, 6.45) is 4.24. The van der Waals surface area contributed by atoms with Crippen molar-refractivity contribution < 1.29 is 9.53 Å². The fourth-order valence-corrected chi connectivity index (χ4v) is 2.37. The van der Waals surface area contributed by atoms with Crippen molar-refractivity contribution >= 4 is 11.7 Å². The van der Waals surface area contributed by atoms with Crippen LogP contribution in [0.15, 0.2) is 36.9 Å². The summed E-state index contributed by atoms with van der Waals surface area (Å²) in [5.41, 5.74) is 1.30. The summed E-state index contributed by atoms with van der Waals surface area (Å²) < 4.78 is 5.76. The quantitative estimate of drug-likeness (QED) is 0.915. The van der Waals surface area contributed by atoms with E-state index < -0.39 is 0 Å². The number of carbonyl (C=O) groups excluding carboxylic acids is 1. The Morgan fingerprint density at radius 1 is 1.36 bits per heavy atom. The van der Waals surface area contributed by atoms with Gasteiger partial charge >= 0.3 is 0 Å². The van der Waals surface area contributed by atoms with E-state index in [1.165, 1.54) is 18.7 Å². The van der Waals surface area contributed by atoms with E-state index in [9.17, 15) is 4.79 Å². The van der Waals surface area contributed by atoms with Crippen molar-refractivity contribution in [3.8, 4) is 0 Å². The smallest absolute Gasteiger partial charge is 0.257 e. The summed E-state index contributed by atoms with van der Waals surface area (Å²) in [6, 6.07) is 5.71. The number of pyridine rings is 1. The van der Waals surface area contributed by atoms with Crippen LogP contribution >= 0.6 is 0 Å². The van der Waals surface area contributed by atoms with Crippen molar-refractivity contribution in [1.82, 2.24) is 19.9 Å². The van der Waals surface area contributed by atoms with Crippen molar-refractivity contribution in [1.29, 1.82) is 0 Å². The predicted molar refractivity (Wildman–Crippen MR) is 80.4 cm³/mol. The number of hydrogen-bond acceptors (Lipinski definition) is 6. The van der Waals surface area contributed by atoms with E-state index in [0.29, 0.717) is 25.3 Å². The molecule has 7 nitrogen and oxygen atoms in total. The molecule has 0 saturated carbocycles. The SMILES string of the molecule is CNc1cccc([C@H]2CN(C(=O)c3cncnc3)CCO2)n1. The molecular formula is C15H17N5O2. The Labute approximate surface area is 128 Å². The Hall–Kier alpha value is -2.54. The number of rotatable bonds is 3. The van der Waals surface area contributed by atoms with Gasteiger partial charge in [0.25, 0.3) is 5.91 Å². The minimum Gasteiger partial charge on any atom is -0.373 e. The zero-order valence-corrected chi connectivity index (χ0v) is 12.3. The second-order valence-electron chi connectivity index (χ2n) is 4.94. The maximum atomic E-state index is 12.5. The molecule has 0 radical (unpaired) electrons. The van der Waals surface area contributed by atoms with E-state index in [2.05, 4.69) is 20.3 Å². The predicted octanol–water partition coefficient (Wildman–Crippen LogP) is 1.13. The number of nitrogens with one attached hydrogen (secondary N) is 1. The van der Waals surface area contributed by atoms with Gasteiger partial charge in [-0.1, -0.05) is 6.07 Å². The molecule has 3 rings (SSSR count). The molecule has 1 N–H and O–H groups in total. The van der Waals surface area contributed by atoms with Gasteiger partial charge in [-0.05, 0) is 12.1 Å². The molecule has 1 amide bonds. The van der Waals surface area contributed by atoms with E-state index in [1.807, 2.05) is 25.2 Å². The molecule has 22 heavy (non-hydrogen) atoms.